The van der Waals surface area contributed by atoms with Crippen LogP contribution in [0.5, 0.6) is 0 Å². The third-order valence-corrected chi connectivity index (χ3v) is 3.98. The topological polar surface area (TPSA) is 81.1 Å². The molecule has 0 aliphatic carbocycles. The van der Waals surface area contributed by atoms with Crippen LogP contribution in [0.2, 0.25) is 0 Å². The van der Waals surface area contributed by atoms with Crippen molar-refractivity contribution in [2.24, 2.45) is 0 Å². The van der Waals surface area contributed by atoms with E-state index in [1.54, 1.807) is 49.4 Å². The minimum absolute atomic E-state index is 0.156. The summed E-state index contributed by atoms with van der Waals surface area (Å²) in [6.07, 6.45) is 1.09. The molecular weight excluding hydrogens is 314 g/mol. The average Bonchev–Trinajstić information content (AvgIpc) is 2.47. The first kappa shape index (κ1) is 15.2. The van der Waals surface area contributed by atoms with Crippen LogP contribution in [0.15, 0.2) is 53.3 Å². The van der Waals surface area contributed by atoms with Crippen molar-refractivity contribution in [3.63, 3.8) is 0 Å². The van der Waals surface area contributed by atoms with E-state index in [0.717, 1.165) is 6.26 Å². The zero-order chi connectivity index (χ0) is 16.6. The Kier molecular flexibility index (Phi) is 3.65. The molecule has 1 N–H and O–H groups in total. The van der Waals surface area contributed by atoms with Crippen molar-refractivity contribution in [1.82, 2.24) is 9.55 Å². The van der Waals surface area contributed by atoms with Gasteiger partial charge in [-0.2, -0.15) is 0 Å². The molecule has 2 aromatic carbocycles. The van der Waals surface area contributed by atoms with Crippen LogP contribution in [0.1, 0.15) is 5.82 Å². The highest BCUT2D eigenvalue weighted by atomic mass is 32.2. The molecule has 1 heterocycles. The molecule has 0 bridgehead atoms. The Bertz CT molecular complexity index is 1040. The lowest BCUT2D eigenvalue weighted by Crippen LogP contribution is -2.22. The molecular formula is C16H15N3O3S. The van der Waals surface area contributed by atoms with Crippen molar-refractivity contribution in [3.8, 4) is 5.69 Å². The van der Waals surface area contributed by atoms with E-state index in [9.17, 15) is 13.2 Å². The highest BCUT2D eigenvalue weighted by Crippen LogP contribution is 2.16. The van der Waals surface area contributed by atoms with Gasteiger partial charge in [0, 0.05) is 5.69 Å². The van der Waals surface area contributed by atoms with Gasteiger partial charge in [0.05, 0.1) is 22.8 Å². The highest BCUT2D eigenvalue weighted by molar-refractivity contribution is 7.92. The van der Waals surface area contributed by atoms with E-state index < -0.39 is 10.0 Å². The number of benzene rings is 2. The van der Waals surface area contributed by atoms with Gasteiger partial charge in [-0.25, -0.2) is 13.4 Å². The van der Waals surface area contributed by atoms with Crippen LogP contribution in [0, 0.1) is 6.92 Å². The Morgan fingerprint density at radius 1 is 1.04 bits per heavy atom. The fourth-order valence-electron chi connectivity index (χ4n) is 2.44. The van der Waals surface area contributed by atoms with Gasteiger partial charge < -0.3 is 0 Å². The van der Waals surface area contributed by atoms with Crippen molar-refractivity contribution in [1.29, 1.82) is 0 Å². The summed E-state index contributed by atoms with van der Waals surface area (Å²) in [4.78, 5) is 17.1. The van der Waals surface area contributed by atoms with Crippen molar-refractivity contribution >= 4 is 26.6 Å². The van der Waals surface area contributed by atoms with Gasteiger partial charge in [-0.3, -0.25) is 14.1 Å². The monoisotopic (exact) mass is 329 g/mol. The van der Waals surface area contributed by atoms with Crippen molar-refractivity contribution < 1.29 is 8.42 Å². The summed E-state index contributed by atoms with van der Waals surface area (Å²) in [5, 5.41) is 0.538. The zero-order valence-electron chi connectivity index (χ0n) is 12.6. The van der Waals surface area contributed by atoms with E-state index in [4.69, 9.17) is 0 Å². The van der Waals surface area contributed by atoms with E-state index in [2.05, 4.69) is 9.71 Å². The molecule has 0 aliphatic rings. The Labute approximate surface area is 133 Å². The van der Waals surface area contributed by atoms with E-state index in [0.29, 0.717) is 28.1 Å². The van der Waals surface area contributed by atoms with E-state index in [1.807, 2.05) is 6.07 Å². The molecule has 0 saturated heterocycles. The molecule has 118 valence electrons. The van der Waals surface area contributed by atoms with Crippen molar-refractivity contribution in [2.45, 2.75) is 6.92 Å². The van der Waals surface area contributed by atoms with Crippen molar-refractivity contribution in [2.75, 3.05) is 11.0 Å². The summed E-state index contributed by atoms with van der Waals surface area (Å²) < 4.78 is 26.4. The first-order chi connectivity index (χ1) is 10.8. The molecule has 3 rings (SSSR count). The third kappa shape index (κ3) is 3.09. The van der Waals surface area contributed by atoms with Gasteiger partial charge in [-0.1, -0.05) is 12.1 Å². The fraction of sp³-hybridized carbons (Fsp3) is 0.125. The number of rotatable bonds is 3. The number of aromatic nitrogens is 2. The van der Waals surface area contributed by atoms with E-state index in [-0.39, 0.29) is 5.56 Å². The maximum Gasteiger partial charge on any atom is 0.265 e. The van der Waals surface area contributed by atoms with Gasteiger partial charge in [-0.15, -0.1) is 0 Å². The summed E-state index contributed by atoms with van der Waals surface area (Å²) in [7, 11) is -3.33. The Morgan fingerprint density at radius 3 is 2.35 bits per heavy atom. The van der Waals surface area contributed by atoms with Gasteiger partial charge in [0.1, 0.15) is 5.82 Å². The smallest absolute Gasteiger partial charge is 0.265 e. The van der Waals surface area contributed by atoms with Gasteiger partial charge in [0.15, 0.2) is 0 Å². The molecule has 0 fully saturated rings. The van der Waals surface area contributed by atoms with Crippen LogP contribution < -0.4 is 10.3 Å². The van der Waals surface area contributed by atoms with Crippen LogP contribution in [0.25, 0.3) is 16.6 Å². The standard InChI is InChI=1S/C16H15N3O3S/c1-11-17-15-6-4-3-5-14(15)16(20)19(11)13-9-7-12(8-10-13)18-23(2,21)22/h3-10,18H,1-2H3. The Balaban J connectivity index is 2.12. The number of nitrogens with zero attached hydrogens (tertiary/aromatic N) is 2. The molecule has 3 aromatic rings. The highest BCUT2D eigenvalue weighted by Gasteiger charge is 2.10. The summed E-state index contributed by atoms with van der Waals surface area (Å²) in [6, 6.07) is 13.7. The second kappa shape index (κ2) is 5.51. The molecule has 0 unspecified atom stereocenters. The van der Waals surface area contributed by atoms with Crippen LogP contribution in [-0.2, 0) is 10.0 Å². The molecule has 0 aliphatic heterocycles. The van der Waals surface area contributed by atoms with Crippen LogP contribution in [-0.4, -0.2) is 24.2 Å². The Hall–Kier alpha value is -2.67. The van der Waals surface area contributed by atoms with Crippen LogP contribution >= 0.6 is 0 Å². The molecule has 23 heavy (non-hydrogen) atoms. The molecule has 0 atom stereocenters. The van der Waals surface area contributed by atoms with E-state index >= 15 is 0 Å². The number of fused-ring (bicyclic) bond motifs is 1. The number of nitrogens with one attached hydrogen (secondary N) is 1. The average molecular weight is 329 g/mol. The first-order valence-corrected chi connectivity index (χ1v) is 8.81. The summed E-state index contributed by atoms with van der Waals surface area (Å²) in [5.41, 5.74) is 1.57. The second-order valence-corrected chi connectivity index (χ2v) is 6.99. The van der Waals surface area contributed by atoms with Gasteiger partial charge in [0.2, 0.25) is 10.0 Å². The maximum absolute atomic E-state index is 12.7. The number of para-hydroxylation sites is 1. The third-order valence-electron chi connectivity index (χ3n) is 3.37. The maximum atomic E-state index is 12.7. The molecule has 0 amide bonds. The minimum Gasteiger partial charge on any atom is -0.284 e. The normalized spacial score (nSPS) is 11.6. The number of sulfonamides is 1. The van der Waals surface area contributed by atoms with Gasteiger partial charge >= 0.3 is 0 Å². The quantitative estimate of drug-likeness (QED) is 0.797. The molecule has 0 spiro atoms. The summed E-state index contributed by atoms with van der Waals surface area (Å²) in [6.45, 7) is 1.76. The molecule has 0 radical (unpaired) electrons. The van der Waals surface area contributed by atoms with Crippen LogP contribution in [0.4, 0.5) is 5.69 Å². The lowest BCUT2D eigenvalue weighted by Gasteiger charge is -2.11. The fourth-order valence-corrected chi connectivity index (χ4v) is 3.00. The lowest BCUT2D eigenvalue weighted by atomic mass is 10.2. The first-order valence-electron chi connectivity index (χ1n) is 6.92. The number of anilines is 1. The minimum atomic E-state index is -3.33. The SMILES string of the molecule is Cc1nc2ccccc2c(=O)n1-c1ccc(NS(C)(=O)=O)cc1. The van der Waals surface area contributed by atoms with Crippen LogP contribution in [0.3, 0.4) is 0 Å². The predicted molar refractivity (Wildman–Crippen MR) is 90.5 cm³/mol. The lowest BCUT2D eigenvalue weighted by molar-refractivity contribution is 0.607. The summed E-state index contributed by atoms with van der Waals surface area (Å²) >= 11 is 0. The largest absolute Gasteiger partial charge is 0.284 e. The number of hydrogen-bond donors (Lipinski definition) is 1. The predicted octanol–water partition coefficient (Wildman–Crippen LogP) is 2.07. The summed E-state index contributed by atoms with van der Waals surface area (Å²) in [5.74, 6) is 0.567. The zero-order valence-corrected chi connectivity index (χ0v) is 13.5. The molecule has 1 aromatic heterocycles. The Morgan fingerprint density at radius 2 is 1.70 bits per heavy atom. The number of hydrogen-bond acceptors (Lipinski definition) is 4. The molecule has 0 saturated carbocycles. The molecule has 6 nitrogen and oxygen atoms in total. The molecule has 7 heteroatoms. The number of aryl methyl sites for hydroxylation is 1. The van der Waals surface area contributed by atoms with Gasteiger partial charge in [-0.05, 0) is 43.3 Å². The van der Waals surface area contributed by atoms with Gasteiger partial charge in [0.25, 0.3) is 5.56 Å². The van der Waals surface area contributed by atoms with E-state index in [1.165, 1.54) is 4.57 Å². The second-order valence-electron chi connectivity index (χ2n) is 5.24. The van der Waals surface area contributed by atoms with Crippen molar-refractivity contribution in [3.05, 3.63) is 64.7 Å².